The number of halogens is 3. The van der Waals surface area contributed by atoms with E-state index in [1.165, 1.54) is 18.5 Å². The van der Waals surface area contributed by atoms with Gasteiger partial charge in [0.15, 0.2) is 17.4 Å². The maximum absolute atomic E-state index is 13.1. The molecule has 0 atom stereocenters. The lowest BCUT2D eigenvalue weighted by Crippen LogP contribution is -2.47. The molecule has 0 aliphatic carbocycles. The van der Waals surface area contributed by atoms with E-state index in [4.69, 9.17) is 5.73 Å². The number of nitrogens with zero attached hydrogens (tertiary/aromatic N) is 6. The van der Waals surface area contributed by atoms with Gasteiger partial charge in [0, 0.05) is 43.9 Å². The molecule has 4 aromatic rings. The molecule has 10 nitrogen and oxygen atoms in total. The van der Waals surface area contributed by atoms with Gasteiger partial charge in [-0.3, -0.25) is 10.2 Å². The topological polar surface area (TPSA) is 125 Å². The summed E-state index contributed by atoms with van der Waals surface area (Å²) in [5.41, 5.74) is 11.5. The zero-order chi connectivity index (χ0) is 28.4. The highest BCUT2D eigenvalue weighted by Gasteiger charge is 2.31. The first-order valence-corrected chi connectivity index (χ1v) is 12.6. The second-order valence-electron chi connectivity index (χ2n) is 9.71. The van der Waals surface area contributed by atoms with Crippen molar-refractivity contribution in [2.24, 2.45) is 0 Å². The maximum atomic E-state index is 13.1. The number of Topliss-reactive ketones (excluding diaryl/α,β-unsaturated/α-hetero) is 1. The summed E-state index contributed by atoms with van der Waals surface area (Å²) >= 11 is 0. The first-order chi connectivity index (χ1) is 19.1. The van der Waals surface area contributed by atoms with E-state index in [9.17, 15) is 18.0 Å². The highest BCUT2D eigenvalue weighted by atomic mass is 19.4. The lowest BCUT2D eigenvalue weighted by molar-refractivity contribution is -0.137. The van der Waals surface area contributed by atoms with E-state index >= 15 is 0 Å². The van der Waals surface area contributed by atoms with Gasteiger partial charge < -0.3 is 16.0 Å². The Labute approximate surface area is 228 Å². The number of fused-ring (bicyclic) bond motifs is 1. The van der Waals surface area contributed by atoms with E-state index in [0.717, 1.165) is 43.9 Å². The molecule has 0 bridgehead atoms. The van der Waals surface area contributed by atoms with Crippen LogP contribution in [-0.4, -0.2) is 68.9 Å². The zero-order valence-electron chi connectivity index (χ0n) is 22.0. The number of hydrogen-bond donors (Lipinski definition) is 3. The normalized spacial score (nSPS) is 14.8. The van der Waals surface area contributed by atoms with Crippen molar-refractivity contribution >= 4 is 40.1 Å². The van der Waals surface area contributed by atoms with Gasteiger partial charge in [-0.15, -0.1) is 0 Å². The van der Waals surface area contributed by atoms with Crippen molar-refractivity contribution in [3.63, 3.8) is 0 Å². The molecule has 0 spiro atoms. The Bertz CT molecular complexity index is 1550. The van der Waals surface area contributed by atoms with Crippen molar-refractivity contribution in [1.29, 1.82) is 0 Å². The largest absolute Gasteiger partial charge is 0.416 e. The Morgan fingerprint density at radius 2 is 1.80 bits per heavy atom. The maximum Gasteiger partial charge on any atom is 0.416 e. The molecule has 0 radical (unpaired) electrons. The van der Waals surface area contributed by atoms with Crippen LogP contribution in [0.1, 0.15) is 27.0 Å². The van der Waals surface area contributed by atoms with Gasteiger partial charge >= 0.3 is 6.18 Å². The molecular weight excluding hydrogens is 523 g/mol. The third-order valence-electron chi connectivity index (χ3n) is 6.70. The number of nitrogens with one attached hydrogen (secondary N) is 2. The first kappa shape index (κ1) is 27.2. The molecule has 13 heteroatoms. The van der Waals surface area contributed by atoms with Crippen molar-refractivity contribution in [3.05, 3.63) is 71.0 Å². The molecule has 1 fully saturated rings. The SMILES string of the molecule is Cc1ccc(CC(=O)c2cccc(C(F)(F)F)c2)cc1Nc1ncnc2c(N)nc(NN3CCN(C)CC3)nc12. The van der Waals surface area contributed by atoms with Crippen LogP contribution in [-0.2, 0) is 12.6 Å². The summed E-state index contributed by atoms with van der Waals surface area (Å²) in [6.07, 6.45) is -3.24. The van der Waals surface area contributed by atoms with Crippen LogP contribution in [0.15, 0.2) is 48.8 Å². The number of carbonyl (C=O) groups excluding carboxylic acids is 1. The highest BCUT2D eigenvalue weighted by Crippen LogP contribution is 2.31. The molecule has 0 amide bonds. The Balaban J connectivity index is 1.39. The molecule has 208 valence electrons. The van der Waals surface area contributed by atoms with Gasteiger partial charge in [-0.25, -0.2) is 20.0 Å². The fraction of sp³-hybridized carbons (Fsp3) is 0.296. The fourth-order valence-corrected chi connectivity index (χ4v) is 4.37. The molecule has 1 aliphatic rings. The number of carbonyl (C=O) groups is 1. The number of hydrazine groups is 1. The predicted molar refractivity (Wildman–Crippen MR) is 146 cm³/mol. The van der Waals surface area contributed by atoms with E-state index in [2.05, 4.69) is 42.6 Å². The van der Waals surface area contributed by atoms with Gasteiger partial charge in [0.25, 0.3) is 0 Å². The number of piperazine rings is 1. The van der Waals surface area contributed by atoms with Crippen molar-refractivity contribution in [2.75, 3.05) is 49.7 Å². The molecule has 0 unspecified atom stereocenters. The number of anilines is 4. The molecule has 0 saturated carbocycles. The van der Waals surface area contributed by atoms with Crippen LogP contribution >= 0.6 is 0 Å². The number of aromatic nitrogens is 4. The summed E-state index contributed by atoms with van der Waals surface area (Å²) in [5.74, 6) is 0.493. The molecule has 1 saturated heterocycles. The van der Waals surface area contributed by atoms with Crippen LogP contribution in [0.25, 0.3) is 11.0 Å². The van der Waals surface area contributed by atoms with Crippen molar-refractivity contribution in [3.8, 4) is 0 Å². The molecule has 1 aliphatic heterocycles. The van der Waals surface area contributed by atoms with Crippen LogP contribution < -0.4 is 16.5 Å². The highest BCUT2D eigenvalue weighted by molar-refractivity contribution is 5.98. The van der Waals surface area contributed by atoms with Crippen molar-refractivity contribution in [2.45, 2.75) is 19.5 Å². The number of nitrogen functional groups attached to an aromatic ring is 1. The predicted octanol–water partition coefficient (Wildman–Crippen LogP) is 4.07. The summed E-state index contributed by atoms with van der Waals surface area (Å²) in [7, 11) is 2.06. The lowest BCUT2D eigenvalue weighted by atomic mass is 9.99. The first-order valence-electron chi connectivity index (χ1n) is 12.6. The Hall–Kier alpha value is -4.36. The number of likely N-dealkylation sites (N-methyl/N-ethyl adjacent to an activating group) is 1. The van der Waals surface area contributed by atoms with Gasteiger partial charge in [0.2, 0.25) is 5.95 Å². The number of nitrogens with two attached hydrogens (primary N) is 1. The Kier molecular flexibility index (Phi) is 7.50. The van der Waals surface area contributed by atoms with E-state index in [1.807, 2.05) is 18.0 Å². The number of hydrogen-bond acceptors (Lipinski definition) is 10. The van der Waals surface area contributed by atoms with Crippen molar-refractivity contribution in [1.82, 2.24) is 29.8 Å². The molecule has 2 aromatic heterocycles. The van der Waals surface area contributed by atoms with E-state index < -0.39 is 17.5 Å². The summed E-state index contributed by atoms with van der Waals surface area (Å²) in [5, 5.41) is 5.28. The number of ketones is 1. The van der Waals surface area contributed by atoms with Gasteiger partial charge in [0.05, 0.1) is 5.56 Å². The third kappa shape index (κ3) is 6.10. The van der Waals surface area contributed by atoms with Crippen LogP contribution in [0.3, 0.4) is 0 Å². The van der Waals surface area contributed by atoms with E-state index in [-0.39, 0.29) is 17.8 Å². The molecule has 2 aromatic carbocycles. The second-order valence-corrected chi connectivity index (χ2v) is 9.71. The van der Waals surface area contributed by atoms with Gasteiger partial charge in [-0.1, -0.05) is 24.3 Å². The van der Waals surface area contributed by atoms with Gasteiger partial charge in [-0.2, -0.15) is 18.2 Å². The molecule has 5 rings (SSSR count). The second kappa shape index (κ2) is 11.0. The van der Waals surface area contributed by atoms with E-state index in [1.54, 1.807) is 12.1 Å². The summed E-state index contributed by atoms with van der Waals surface area (Å²) < 4.78 is 39.3. The van der Waals surface area contributed by atoms with E-state index in [0.29, 0.717) is 34.1 Å². The number of benzene rings is 2. The third-order valence-corrected chi connectivity index (χ3v) is 6.70. The van der Waals surface area contributed by atoms with Crippen LogP contribution in [0.4, 0.5) is 36.4 Å². The van der Waals surface area contributed by atoms with Crippen LogP contribution in [0.5, 0.6) is 0 Å². The number of alkyl halides is 3. The zero-order valence-corrected chi connectivity index (χ0v) is 22.0. The quantitative estimate of drug-likeness (QED) is 0.290. The monoisotopic (exact) mass is 551 g/mol. The molecular formula is C27H28F3N9O. The lowest BCUT2D eigenvalue weighted by Gasteiger charge is -2.32. The molecule has 3 heterocycles. The van der Waals surface area contributed by atoms with Crippen LogP contribution in [0.2, 0.25) is 0 Å². The minimum atomic E-state index is -4.52. The Morgan fingerprint density at radius 1 is 1.02 bits per heavy atom. The summed E-state index contributed by atoms with van der Waals surface area (Å²) in [4.78, 5) is 32.6. The smallest absolute Gasteiger partial charge is 0.382 e. The van der Waals surface area contributed by atoms with Crippen LogP contribution in [0, 0.1) is 6.92 Å². The minimum Gasteiger partial charge on any atom is -0.382 e. The average molecular weight is 552 g/mol. The minimum absolute atomic E-state index is 0.000686. The molecule has 4 N–H and O–H groups in total. The Morgan fingerprint density at radius 3 is 2.55 bits per heavy atom. The molecule has 40 heavy (non-hydrogen) atoms. The standard InChI is InChI=1S/C27H28F3N9O/c1-16-6-7-17(13-21(40)18-4-3-5-19(14-18)27(28,29)30)12-20(16)34-25-23-22(32-15-33-25)24(31)36-26(35-23)37-39-10-8-38(2)9-11-39/h3-7,12,14-15H,8-11,13H2,1-2H3,(H,32,33,34)(H3,31,35,36,37). The summed E-state index contributed by atoms with van der Waals surface area (Å²) in [6, 6.07) is 9.80. The van der Waals surface area contributed by atoms with Gasteiger partial charge in [0.1, 0.15) is 17.4 Å². The van der Waals surface area contributed by atoms with Crippen molar-refractivity contribution < 1.29 is 18.0 Å². The summed E-state index contributed by atoms with van der Waals surface area (Å²) in [6.45, 7) is 5.27. The fourth-order valence-electron chi connectivity index (χ4n) is 4.37. The number of aryl methyl sites for hydroxylation is 1. The van der Waals surface area contributed by atoms with Gasteiger partial charge in [-0.05, 0) is 43.3 Å². The number of rotatable bonds is 7. The average Bonchev–Trinajstić information content (AvgIpc) is 2.92.